The number of anilines is 1. The third kappa shape index (κ3) is 1.80. The number of pyridine rings is 1. The fourth-order valence-corrected chi connectivity index (χ4v) is 2.19. The molecule has 0 aliphatic carbocycles. The van der Waals surface area contributed by atoms with Gasteiger partial charge in [0.05, 0.1) is 11.7 Å². The molecule has 0 radical (unpaired) electrons. The quantitative estimate of drug-likeness (QED) is 0.698. The first-order valence-electron chi connectivity index (χ1n) is 5.22. The van der Waals surface area contributed by atoms with Crippen LogP contribution in [-0.4, -0.2) is 9.38 Å². The second-order valence-corrected chi connectivity index (χ2v) is 4.77. The van der Waals surface area contributed by atoms with E-state index >= 15 is 0 Å². The zero-order valence-corrected chi connectivity index (χ0v) is 10.6. The van der Waals surface area contributed by atoms with E-state index in [1.165, 1.54) is 0 Å². The zero-order chi connectivity index (χ0) is 11.8. The maximum atomic E-state index is 5.79. The molecule has 3 nitrogen and oxygen atoms in total. The molecule has 2 N–H and O–H groups in total. The Hall–Kier alpha value is -1.81. The Labute approximate surface area is 107 Å². The molecule has 3 aromatic rings. The fourth-order valence-electron chi connectivity index (χ4n) is 1.86. The maximum Gasteiger partial charge on any atom is 0.144 e. The number of hydrogen-bond donors (Lipinski definition) is 1. The molecular formula is C13H10BrN3. The molecule has 2 heterocycles. The number of halogens is 1. The van der Waals surface area contributed by atoms with Gasteiger partial charge in [-0.3, -0.25) is 4.40 Å². The predicted molar refractivity (Wildman–Crippen MR) is 72.7 cm³/mol. The van der Waals surface area contributed by atoms with Crippen molar-refractivity contribution in [1.82, 2.24) is 9.38 Å². The summed E-state index contributed by atoms with van der Waals surface area (Å²) in [5.74, 6) is 0.897. The van der Waals surface area contributed by atoms with Crippen molar-refractivity contribution in [3.8, 4) is 11.4 Å². The molecule has 17 heavy (non-hydrogen) atoms. The molecule has 0 atom stereocenters. The molecule has 0 bridgehead atoms. The van der Waals surface area contributed by atoms with Gasteiger partial charge in [-0.25, -0.2) is 4.98 Å². The van der Waals surface area contributed by atoms with E-state index in [9.17, 15) is 0 Å². The molecule has 0 aliphatic rings. The number of imidazole rings is 1. The van der Waals surface area contributed by atoms with Crippen molar-refractivity contribution in [3.05, 3.63) is 53.3 Å². The van der Waals surface area contributed by atoms with Crippen LogP contribution >= 0.6 is 15.9 Å². The van der Waals surface area contributed by atoms with Gasteiger partial charge in [0.2, 0.25) is 0 Å². The van der Waals surface area contributed by atoms with Gasteiger partial charge in [0.25, 0.3) is 0 Å². The minimum atomic E-state index is 0.745. The van der Waals surface area contributed by atoms with E-state index < -0.39 is 0 Å². The minimum absolute atomic E-state index is 0.745. The van der Waals surface area contributed by atoms with Gasteiger partial charge >= 0.3 is 0 Å². The second-order valence-electron chi connectivity index (χ2n) is 3.85. The van der Waals surface area contributed by atoms with Gasteiger partial charge in [-0.15, -0.1) is 0 Å². The molecule has 4 heteroatoms. The number of fused-ring (bicyclic) bond motifs is 1. The molecule has 0 spiro atoms. The summed E-state index contributed by atoms with van der Waals surface area (Å²) in [5.41, 5.74) is 8.61. The first kappa shape index (κ1) is 10.4. The van der Waals surface area contributed by atoms with Gasteiger partial charge in [-0.1, -0.05) is 12.1 Å². The fraction of sp³-hybridized carbons (Fsp3) is 0. The highest BCUT2D eigenvalue weighted by Crippen LogP contribution is 2.23. The van der Waals surface area contributed by atoms with Crippen LogP contribution in [0.5, 0.6) is 0 Å². The summed E-state index contributed by atoms with van der Waals surface area (Å²) in [6.07, 6.45) is 3.85. The van der Waals surface area contributed by atoms with Crippen LogP contribution in [0.3, 0.4) is 0 Å². The van der Waals surface area contributed by atoms with Gasteiger partial charge < -0.3 is 5.73 Å². The lowest BCUT2D eigenvalue weighted by atomic mass is 10.2. The summed E-state index contributed by atoms with van der Waals surface area (Å²) in [5, 5.41) is 0. The highest BCUT2D eigenvalue weighted by Gasteiger charge is 2.06. The molecule has 0 saturated heterocycles. The van der Waals surface area contributed by atoms with Crippen molar-refractivity contribution in [3.63, 3.8) is 0 Å². The Morgan fingerprint density at radius 3 is 2.88 bits per heavy atom. The van der Waals surface area contributed by atoms with Crippen LogP contribution in [0.2, 0.25) is 0 Å². The van der Waals surface area contributed by atoms with Crippen molar-refractivity contribution in [2.24, 2.45) is 0 Å². The summed E-state index contributed by atoms with van der Waals surface area (Å²) in [7, 11) is 0. The molecular weight excluding hydrogens is 278 g/mol. The average molecular weight is 288 g/mol. The number of nitrogens with zero attached hydrogens (tertiary/aromatic N) is 2. The van der Waals surface area contributed by atoms with Gasteiger partial charge in [-0.05, 0) is 40.2 Å². The summed E-state index contributed by atoms with van der Waals surface area (Å²) in [6, 6.07) is 11.8. The van der Waals surface area contributed by atoms with Gasteiger partial charge in [0, 0.05) is 21.9 Å². The highest BCUT2D eigenvalue weighted by atomic mass is 79.9. The Kier molecular flexibility index (Phi) is 2.37. The van der Waals surface area contributed by atoms with E-state index in [0.717, 1.165) is 27.1 Å². The first-order chi connectivity index (χ1) is 8.24. The standard InChI is InChI=1S/C13H10BrN3/c14-10-4-5-12-7-16-13(17(12)8-10)9-2-1-3-11(15)6-9/h1-8H,15H2. The number of benzene rings is 1. The Balaban J connectivity index is 2.27. The van der Waals surface area contributed by atoms with E-state index in [4.69, 9.17) is 5.73 Å². The average Bonchev–Trinajstić information content (AvgIpc) is 2.71. The molecule has 2 aromatic heterocycles. The van der Waals surface area contributed by atoms with E-state index in [1.807, 2.05) is 53.2 Å². The van der Waals surface area contributed by atoms with Gasteiger partial charge in [-0.2, -0.15) is 0 Å². The molecule has 1 aromatic carbocycles. The van der Waals surface area contributed by atoms with Crippen molar-refractivity contribution >= 4 is 27.1 Å². The van der Waals surface area contributed by atoms with Crippen molar-refractivity contribution in [1.29, 1.82) is 0 Å². The lowest BCUT2D eigenvalue weighted by molar-refractivity contribution is 1.15. The normalized spacial score (nSPS) is 10.9. The van der Waals surface area contributed by atoms with E-state index in [2.05, 4.69) is 20.9 Å². The summed E-state index contributed by atoms with van der Waals surface area (Å²) >= 11 is 3.46. The highest BCUT2D eigenvalue weighted by molar-refractivity contribution is 9.10. The lowest BCUT2D eigenvalue weighted by Crippen LogP contribution is -1.91. The second kappa shape index (κ2) is 3.89. The number of hydrogen-bond acceptors (Lipinski definition) is 2. The molecule has 0 saturated carbocycles. The van der Waals surface area contributed by atoms with Crippen molar-refractivity contribution < 1.29 is 0 Å². The maximum absolute atomic E-state index is 5.79. The van der Waals surface area contributed by atoms with Gasteiger partial charge in [0.15, 0.2) is 0 Å². The molecule has 0 unspecified atom stereocenters. The van der Waals surface area contributed by atoms with Crippen LogP contribution in [0.1, 0.15) is 0 Å². The minimum Gasteiger partial charge on any atom is -0.399 e. The Bertz CT molecular complexity index is 688. The largest absolute Gasteiger partial charge is 0.399 e. The van der Waals surface area contributed by atoms with Crippen LogP contribution < -0.4 is 5.73 Å². The SMILES string of the molecule is Nc1cccc(-c2ncc3ccc(Br)cn23)c1. The monoisotopic (exact) mass is 287 g/mol. The zero-order valence-electron chi connectivity index (χ0n) is 8.97. The van der Waals surface area contributed by atoms with Crippen LogP contribution in [0.25, 0.3) is 16.9 Å². The summed E-state index contributed by atoms with van der Waals surface area (Å²) in [4.78, 5) is 4.43. The topological polar surface area (TPSA) is 43.3 Å². The van der Waals surface area contributed by atoms with Crippen molar-refractivity contribution in [2.75, 3.05) is 5.73 Å². The summed E-state index contributed by atoms with van der Waals surface area (Å²) in [6.45, 7) is 0. The number of rotatable bonds is 1. The molecule has 0 amide bonds. The van der Waals surface area contributed by atoms with Crippen LogP contribution in [-0.2, 0) is 0 Å². The number of nitrogen functional groups attached to an aromatic ring is 1. The molecule has 3 rings (SSSR count). The Morgan fingerprint density at radius 2 is 2.06 bits per heavy atom. The third-order valence-electron chi connectivity index (χ3n) is 2.64. The van der Waals surface area contributed by atoms with Crippen LogP contribution in [0.15, 0.2) is 53.3 Å². The first-order valence-corrected chi connectivity index (χ1v) is 6.02. The Morgan fingerprint density at radius 1 is 1.18 bits per heavy atom. The molecule has 84 valence electrons. The smallest absolute Gasteiger partial charge is 0.144 e. The van der Waals surface area contributed by atoms with E-state index in [-0.39, 0.29) is 0 Å². The predicted octanol–water partition coefficient (Wildman–Crippen LogP) is 3.35. The van der Waals surface area contributed by atoms with E-state index in [1.54, 1.807) is 0 Å². The van der Waals surface area contributed by atoms with Crippen molar-refractivity contribution in [2.45, 2.75) is 0 Å². The van der Waals surface area contributed by atoms with Crippen LogP contribution in [0, 0.1) is 0 Å². The number of aromatic nitrogens is 2. The third-order valence-corrected chi connectivity index (χ3v) is 3.11. The van der Waals surface area contributed by atoms with E-state index in [0.29, 0.717) is 0 Å². The summed E-state index contributed by atoms with van der Waals surface area (Å²) < 4.78 is 3.06. The number of nitrogens with two attached hydrogens (primary N) is 1. The van der Waals surface area contributed by atoms with Gasteiger partial charge in [0.1, 0.15) is 5.82 Å². The molecule has 0 aliphatic heterocycles. The molecule has 0 fully saturated rings. The van der Waals surface area contributed by atoms with Crippen LogP contribution in [0.4, 0.5) is 5.69 Å². The lowest BCUT2D eigenvalue weighted by Gasteiger charge is -2.03.